The number of carbonyl (C=O) groups is 1. The van der Waals surface area contributed by atoms with Crippen molar-refractivity contribution in [1.82, 2.24) is 4.98 Å². The summed E-state index contributed by atoms with van der Waals surface area (Å²) in [6, 6.07) is 15.5. The van der Waals surface area contributed by atoms with Gasteiger partial charge >= 0.3 is 0 Å². The molecule has 9 heteroatoms. The summed E-state index contributed by atoms with van der Waals surface area (Å²) in [7, 11) is -0.789. The van der Waals surface area contributed by atoms with Gasteiger partial charge in [0.1, 0.15) is 5.82 Å². The monoisotopic (exact) mass is 413 g/mol. The fourth-order valence-corrected chi connectivity index (χ4v) is 3.53. The zero-order chi connectivity index (χ0) is 20.9. The highest BCUT2D eigenvalue weighted by atomic mass is 32.2. The molecule has 0 aliphatic carbocycles. The van der Waals surface area contributed by atoms with Crippen molar-refractivity contribution in [2.45, 2.75) is 4.90 Å². The molecule has 0 unspecified atom stereocenters. The maximum absolute atomic E-state index is 12.5. The van der Waals surface area contributed by atoms with Gasteiger partial charge in [-0.3, -0.25) is 9.52 Å². The Bertz CT molecular complexity index is 1100. The van der Waals surface area contributed by atoms with Crippen LogP contribution in [0.2, 0.25) is 0 Å². The van der Waals surface area contributed by atoms with E-state index >= 15 is 0 Å². The van der Waals surface area contributed by atoms with Crippen LogP contribution in [0.1, 0.15) is 10.4 Å². The molecular formula is C20H19N3O5S. The Hall–Kier alpha value is -3.59. The second kappa shape index (κ2) is 8.61. The second-order valence-corrected chi connectivity index (χ2v) is 7.55. The Labute approximate surface area is 168 Å². The number of hydrogen-bond acceptors (Lipinski definition) is 6. The van der Waals surface area contributed by atoms with Crippen LogP contribution in [0.4, 0.5) is 11.5 Å². The van der Waals surface area contributed by atoms with Crippen LogP contribution >= 0.6 is 0 Å². The molecule has 0 aliphatic heterocycles. The minimum absolute atomic E-state index is 0.0484. The highest BCUT2D eigenvalue weighted by Gasteiger charge is 2.15. The molecule has 0 aliphatic rings. The molecule has 0 saturated heterocycles. The summed E-state index contributed by atoms with van der Waals surface area (Å²) < 4.78 is 37.6. The zero-order valence-corrected chi connectivity index (χ0v) is 16.6. The molecule has 8 nitrogen and oxygen atoms in total. The van der Waals surface area contributed by atoms with Crippen molar-refractivity contribution >= 4 is 27.4 Å². The van der Waals surface area contributed by atoms with Crippen LogP contribution in [-0.2, 0) is 10.0 Å². The number of hydrogen-bond donors (Lipinski definition) is 2. The van der Waals surface area contributed by atoms with E-state index < -0.39 is 10.0 Å². The first-order chi connectivity index (χ1) is 13.9. The van der Waals surface area contributed by atoms with Gasteiger partial charge in [0.05, 0.1) is 19.1 Å². The fraction of sp³-hybridized carbons (Fsp3) is 0.100. The summed E-state index contributed by atoms with van der Waals surface area (Å²) >= 11 is 0. The number of nitrogens with zero attached hydrogens (tertiary/aromatic N) is 1. The first kappa shape index (κ1) is 20.2. The molecule has 2 aromatic carbocycles. The molecule has 150 valence electrons. The van der Waals surface area contributed by atoms with Gasteiger partial charge in [-0.25, -0.2) is 13.4 Å². The number of aromatic nitrogens is 1. The third kappa shape index (κ3) is 4.82. The van der Waals surface area contributed by atoms with Crippen LogP contribution in [-0.4, -0.2) is 33.5 Å². The van der Waals surface area contributed by atoms with E-state index in [1.165, 1.54) is 44.7 Å². The number of methoxy groups -OCH3 is 2. The number of carbonyl (C=O) groups excluding carboxylic acids is 1. The molecular weight excluding hydrogens is 394 g/mol. The Kier molecular flexibility index (Phi) is 5.99. The summed E-state index contributed by atoms with van der Waals surface area (Å²) in [6.45, 7) is 0. The molecule has 0 spiro atoms. The van der Waals surface area contributed by atoms with E-state index in [2.05, 4.69) is 15.0 Å². The SMILES string of the molecule is COc1ccc(C(=O)Nc2ccc(S(=O)(=O)Nc3ccccn3)cc2)cc1OC. The molecule has 3 aromatic rings. The molecule has 0 radical (unpaired) electrons. The number of nitrogens with one attached hydrogen (secondary N) is 2. The minimum atomic E-state index is -3.78. The van der Waals surface area contributed by atoms with Crippen LogP contribution < -0.4 is 19.5 Å². The van der Waals surface area contributed by atoms with Crippen molar-refractivity contribution in [3.63, 3.8) is 0 Å². The van der Waals surface area contributed by atoms with E-state index in [1.807, 2.05) is 0 Å². The van der Waals surface area contributed by atoms with Crippen LogP contribution in [0.25, 0.3) is 0 Å². The lowest BCUT2D eigenvalue weighted by Crippen LogP contribution is -2.14. The van der Waals surface area contributed by atoms with Gasteiger partial charge in [-0.05, 0) is 54.6 Å². The smallest absolute Gasteiger partial charge is 0.263 e. The summed E-state index contributed by atoms with van der Waals surface area (Å²) in [5.41, 5.74) is 0.817. The second-order valence-electron chi connectivity index (χ2n) is 5.87. The lowest BCUT2D eigenvalue weighted by atomic mass is 10.2. The molecule has 1 aromatic heterocycles. The molecule has 0 saturated carbocycles. The van der Waals surface area contributed by atoms with Gasteiger partial charge in [0.25, 0.3) is 15.9 Å². The van der Waals surface area contributed by atoms with Crippen molar-refractivity contribution in [1.29, 1.82) is 0 Å². The van der Waals surface area contributed by atoms with E-state index in [0.29, 0.717) is 22.7 Å². The zero-order valence-electron chi connectivity index (χ0n) is 15.7. The highest BCUT2D eigenvalue weighted by molar-refractivity contribution is 7.92. The van der Waals surface area contributed by atoms with E-state index in [1.54, 1.807) is 36.4 Å². The van der Waals surface area contributed by atoms with Crippen LogP contribution in [0.15, 0.2) is 71.8 Å². The lowest BCUT2D eigenvalue weighted by molar-refractivity contribution is 0.102. The number of anilines is 2. The number of ether oxygens (including phenoxy) is 2. The summed E-state index contributed by atoms with van der Waals surface area (Å²) in [4.78, 5) is 16.4. The molecule has 0 bridgehead atoms. The van der Waals surface area contributed by atoms with Gasteiger partial charge in [-0.15, -0.1) is 0 Å². The fourth-order valence-electron chi connectivity index (χ4n) is 2.52. The predicted octanol–water partition coefficient (Wildman–Crippen LogP) is 3.15. The maximum atomic E-state index is 12.5. The number of benzene rings is 2. The third-order valence-electron chi connectivity index (χ3n) is 3.97. The first-order valence-electron chi connectivity index (χ1n) is 8.50. The average Bonchev–Trinajstić information content (AvgIpc) is 2.74. The standard InChI is InChI=1S/C20H19N3O5S/c1-27-17-11-6-14(13-18(17)28-2)20(24)22-15-7-9-16(10-8-15)29(25,26)23-19-5-3-4-12-21-19/h3-13H,1-2H3,(H,21,23)(H,22,24). The van der Waals surface area contributed by atoms with E-state index in [0.717, 1.165) is 0 Å². The Balaban J connectivity index is 1.73. The van der Waals surface area contributed by atoms with E-state index in [-0.39, 0.29) is 16.6 Å². The van der Waals surface area contributed by atoms with E-state index in [4.69, 9.17) is 9.47 Å². The van der Waals surface area contributed by atoms with Gasteiger partial charge < -0.3 is 14.8 Å². The Morgan fingerprint density at radius 2 is 1.66 bits per heavy atom. The van der Waals surface area contributed by atoms with Crippen LogP contribution in [0, 0.1) is 0 Å². The van der Waals surface area contributed by atoms with Gasteiger partial charge in [-0.2, -0.15) is 0 Å². The Morgan fingerprint density at radius 1 is 0.931 bits per heavy atom. The summed E-state index contributed by atoms with van der Waals surface area (Å²) in [6.07, 6.45) is 1.49. The molecule has 0 atom stereocenters. The number of pyridine rings is 1. The minimum Gasteiger partial charge on any atom is -0.493 e. The predicted molar refractivity (Wildman–Crippen MR) is 109 cm³/mol. The average molecular weight is 413 g/mol. The largest absolute Gasteiger partial charge is 0.493 e. The van der Waals surface area contributed by atoms with Gasteiger partial charge in [0, 0.05) is 17.4 Å². The van der Waals surface area contributed by atoms with Crippen LogP contribution in [0.3, 0.4) is 0 Å². The molecule has 1 heterocycles. The quantitative estimate of drug-likeness (QED) is 0.616. The molecule has 1 amide bonds. The van der Waals surface area contributed by atoms with Gasteiger partial charge in [0.2, 0.25) is 0 Å². The third-order valence-corrected chi connectivity index (χ3v) is 5.34. The normalized spacial score (nSPS) is 10.8. The Morgan fingerprint density at radius 3 is 2.28 bits per heavy atom. The summed E-state index contributed by atoms with van der Waals surface area (Å²) in [5.74, 6) is 0.799. The molecule has 29 heavy (non-hydrogen) atoms. The van der Waals surface area contributed by atoms with Crippen molar-refractivity contribution in [3.8, 4) is 11.5 Å². The van der Waals surface area contributed by atoms with Crippen molar-refractivity contribution in [2.75, 3.05) is 24.3 Å². The molecule has 3 rings (SSSR count). The van der Waals surface area contributed by atoms with Crippen molar-refractivity contribution < 1.29 is 22.7 Å². The van der Waals surface area contributed by atoms with Crippen molar-refractivity contribution in [3.05, 3.63) is 72.4 Å². The van der Waals surface area contributed by atoms with E-state index in [9.17, 15) is 13.2 Å². The van der Waals surface area contributed by atoms with Gasteiger partial charge in [-0.1, -0.05) is 6.07 Å². The number of amides is 1. The lowest BCUT2D eigenvalue weighted by Gasteiger charge is -2.11. The number of sulfonamides is 1. The van der Waals surface area contributed by atoms with Gasteiger partial charge in [0.15, 0.2) is 11.5 Å². The highest BCUT2D eigenvalue weighted by Crippen LogP contribution is 2.28. The molecule has 2 N–H and O–H groups in total. The summed E-state index contributed by atoms with van der Waals surface area (Å²) in [5, 5.41) is 2.71. The topological polar surface area (TPSA) is 107 Å². The first-order valence-corrected chi connectivity index (χ1v) is 9.98. The van der Waals surface area contributed by atoms with Crippen LogP contribution in [0.5, 0.6) is 11.5 Å². The number of rotatable bonds is 7. The molecule has 0 fully saturated rings. The van der Waals surface area contributed by atoms with Crippen molar-refractivity contribution in [2.24, 2.45) is 0 Å². The maximum Gasteiger partial charge on any atom is 0.263 e.